The summed E-state index contributed by atoms with van der Waals surface area (Å²) in [6.45, 7) is 0.0779. The lowest BCUT2D eigenvalue weighted by Gasteiger charge is -2.25. The largest absolute Gasteiger partial charge is 0.394 e. The summed E-state index contributed by atoms with van der Waals surface area (Å²) in [4.78, 5) is 4.58. The molecule has 1 fully saturated rings. The molecule has 0 saturated carbocycles. The Bertz CT molecular complexity index is 1070. The quantitative estimate of drug-likeness (QED) is 0.495. The van der Waals surface area contributed by atoms with E-state index in [9.17, 15) is 15.3 Å². The number of fused-ring (bicyclic) bond motifs is 1. The van der Waals surface area contributed by atoms with E-state index in [2.05, 4.69) is 10.4 Å². The van der Waals surface area contributed by atoms with E-state index in [-0.39, 0.29) is 0 Å². The molecule has 31 heavy (non-hydrogen) atoms. The number of nitrogens with one attached hydrogen (secondary N) is 1. The predicted octanol–water partition coefficient (Wildman–Crippen LogP) is 1.66. The van der Waals surface area contributed by atoms with E-state index in [1.54, 1.807) is 6.34 Å². The maximum atomic E-state index is 10.5. The summed E-state index contributed by atoms with van der Waals surface area (Å²) in [5, 5.41) is 36.7. The number of hydrazine groups is 1. The number of rotatable bonds is 5. The maximum absolute atomic E-state index is 10.5. The average Bonchev–Trinajstić information content (AvgIpc) is 3.32. The minimum atomic E-state index is -1.24. The van der Waals surface area contributed by atoms with Gasteiger partial charge in [-0.05, 0) is 12.1 Å². The molecule has 0 aliphatic carbocycles. The molecule has 0 unspecified atom stereocenters. The lowest BCUT2D eigenvalue weighted by Crippen LogP contribution is -2.33. The van der Waals surface area contributed by atoms with Crippen molar-refractivity contribution in [3.63, 3.8) is 0 Å². The topological polar surface area (TPSA) is 115 Å². The van der Waals surface area contributed by atoms with Crippen LogP contribution in [0.2, 0.25) is 0 Å². The molecule has 3 aromatic rings. The van der Waals surface area contributed by atoms with Crippen molar-refractivity contribution < 1.29 is 20.1 Å². The van der Waals surface area contributed by atoms with Gasteiger partial charge < -0.3 is 20.1 Å². The molecule has 0 radical (unpaired) electrons. The van der Waals surface area contributed by atoms with Crippen LogP contribution in [-0.4, -0.2) is 61.4 Å². The Kier molecular flexibility index (Phi) is 5.16. The van der Waals surface area contributed by atoms with Crippen molar-refractivity contribution >= 4 is 17.8 Å². The molecule has 0 amide bonds. The van der Waals surface area contributed by atoms with E-state index in [0.717, 1.165) is 16.8 Å². The first-order valence-electron chi connectivity index (χ1n) is 10.1. The molecule has 2 aliphatic heterocycles. The van der Waals surface area contributed by atoms with Crippen molar-refractivity contribution in [2.45, 2.75) is 31.1 Å². The third kappa shape index (κ3) is 3.57. The zero-order valence-corrected chi connectivity index (χ0v) is 16.6. The Labute approximate surface area is 178 Å². The molecule has 160 valence electrons. The molecule has 1 saturated heterocycles. The van der Waals surface area contributed by atoms with Crippen molar-refractivity contribution in [3.8, 4) is 11.3 Å². The molecule has 9 nitrogen and oxygen atoms in total. The van der Waals surface area contributed by atoms with Gasteiger partial charge in [0.25, 0.3) is 0 Å². The van der Waals surface area contributed by atoms with Crippen molar-refractivity contribution in [1.29, 1.82) is 0 Å². The number of anilines is 1. The molecular formula is C22H23N5O4. The predicted molar refractivity (Wildman–Crippen MR) is 114 cm³/mol. The SMILES string of the molecule is OC[C@H]1O[C@@H](n2nc(-c3ccccc3)c3c2N=CN(Nc2ccccc2)C3)[C@H](O)[C@@H]1O. The molecule has 4 atom stereocenters. The van der Waals surface area contributed by atoms with Gasteiger partial charge in [0.2, 0.25) is 0 Å². The normalized spacial score (nSPS) is 24.9. The lowest BCUT2D eigenvalue weighted by molar-refractivity contribution is -0.0576. The van der Waals surface area contributed by atoms with Crippen LogP contribution in [0.25, 0.3) is 11.3 Å². The Morgan fingerprint density at radius 3 is 2.39 bits per heavy atom. The minimum absolute atomic E-state index is 0.401. The zero-order chi connectivity index (χ0) is 21.4. The number of aliphatic imine (C=N–C) groups is 1. The van der Waals surface area contributed by atoms with Crippen LogP contribution in [0.5, 0.6) is 0 Å². The monoisotopic (exact) mass is 421 g/mol. The zero-order valence-electron chi connectivity index (χ0n) is 16.6. The smallest absolute Gasteiger partial charge is 0.181 e. The number of para-hydroxylation sites is 1. The van der Waals surface area contributed by atoms with Crippen molar-refractivity contribution in [1.82, 2.24) is 14.8 Å². The van der Waals surface area contributed by atoms with Gasteiger partial charge in [0.15, 0.2) is 12.0 Å². The fraction of sp³-hybridized carbons (Fsp3) is 0.273. The Morgan fingerprint density at radius 1 is 1.00 bits per heavy atom. The van der Waals surface area contributed by atoms with Crippen LogP contribution in [0.15, 0.2) is 65.7 Å². The fourth-order valence-corrected chi connectivity index (χ4v) is 3.91. The van der Waals surface area contributed by atoms with E-state index in [4.69, 9.17) is 9.84 Å². The van der Waals surface area contributed by atoms with Crippen LogP contribution < -0.4 is 5.43 Å². The van der Waals surface area contributed by atoms with Crippen LogP contribution in [-0.2, 0) is 11.3 Å². The van der Waals surface area contributed by atoms with Crippen molar-refractivity contribution in [3.05, 3.63) is 66.2 Å². The molecule has 2 aliphatic rings. The summed E-state index contributed by atoms with van der Waals surface area (Å²) >= 11 is 0. The van der Waals surface area contributed by atoms with E-state index >= 15 is 0 Å². The highest BCUT2D eigenvalue weighted by Gasteiger charge is 2.45. The Hall–Kier alpha value is -3.24. The lowest BCUT2D eigenvalue weighted by atomic mass is 10.1. The van der Waals surface area contributed by atoms with Crippen LogP contribution in [0, 0.1) is 0 Å². The number of aromatic nitrogens is 2. The minimum Gasteiger partial charge on any atom is -0.394 e. The summed E-state index contributed by atoms with van der Waals surface area (Å²) in [6, 6.07) is 19.5. The number of hydrogen-bond acceptors (Lipinski definition) is 8. The molecule has 1 aromatic heterocycles. The number of hydrogen-bond donors (Lipinski definition) is 4. The average molecular weight is 421 g/mol. The van der Waals surface area contributed by atoms with Crippen LogP contribution in [0.4, 0.5) is 11.5 Å². The summed E-state index contributed by atoms with van der Waals surface area (Å²) < 4.78 is 7.20. The van der Waals surface area contributed by atoms with Gasteiger partial charge in [0.1, 0.15) is 24.7 Å². The third-order valence-electron chi connectivity index (χ3n) is 5.48. The highest BCUT2D eigenvalue weighted by atomic mass is 16.6. The molecular weight excluding hydrogens is 398 g/mol. The number of nitrogens with zero attached hydrogens (tertiary/aromatic N) is 4. The number of aliphatic hydroxyl groups excluding tert-OH is 3. The number of ether oxygens (including phenoxy) is 1. The second-order valence-corrected chi connectivity index (χ2v) is 7.54. The summed E-state index contributed by atoms with van der Waals surface area (Å²) in [5.74, 6) is 0.541. The van der Waals surface area contributed by atoms with Crippen LogP contribution in [0.3, 0.4) is 0 Å². The molecule has 4 N–H and O–H groups in total. The summed E-state index contributed by atoms with van der Waals surface area (Å²) in [5.41, 5.74) is 6.70. The summed E-state index contributed by atoms with van der Waals surface area (Å²) in [7, 11) is 0. The van der Waals surface area contributed by atoms with Gasteiger partial charge >= 0.3 is 0 Å². The van der Waals surface area contributed by atoms with E-state index in [1.807, 2.05) is 65.7 Å². The molecule has 2 aromatic carbocycles. The van der Waals surface area contributed by atoms with Crippen molar-refractivity contribution in [2.24, 2.45) is 4.99 Å². The highest BCUT2D eigenvalue weighted by Crippen LogP contribution is 2.39. The van der Waals surface area contributed by atoms with E-state index in [1.165, 1.54) is 4.68 Å². The fourth-order valence-electron chi connectivity index (χ4n) is 3.91. The van der Waals surface area contributed by atoms with E-state index in [0.29, 0.717) is 18.1 Å². The van der Waals surface area contributed by atoms with Gasteiger partial charge in [-0.2, -0.15) is 5.10 Å². The standard InChI is InChI=1S/C22H23N5O4/c28-12-17-19(29)20(30)22(31-17)27-21-16(18(25-27)14-7-3-1-4-8-14)11-26(13-23-21)24-15-9-5-2-6-10-15/h1-10,13,17,19-20,22,24,28-30H,11-12H2/t17-,19-,20-,22-/m1/s1. The highest BCUT2D eigenvalue weighted by molar-refractivity contribution is 5.74. The van der Waals surface area contributed by atoms with Gasteiger partial charge in [-0.15, -0.1) is 0 Å². The second-order valence-electron chi connectivity index (χ2n) is 7.54. The Morgan fingerprint density at radius 2 is 1.71 bits per heavy atom. The van der Waals surface area contributed by atoms with E-state index < -0.39 is 31.1 Å². The van der Waals surface area contributed by atoms with Crippen LogP contribution in [0.1, 0.15) is 11.8 Å². The van der Waals surface area contributed by atoms with Crippen LogP contribution >= 0.6 is 0 Å². The van der Waals surface area contributed by atoms with Gasteiger partial charge in [0, 0.05) is 11.1 Å². The molecule has 0 spiro atoms. The third-order valence-corrected chi connectivity index (χ3v) is 5.48. The molecule has 3 heterocycles. The number of aliphatic hydroxyl groups is 3. The van der Waals surface area contributed by atoms with Crippen molar-refractivity contribution in [2.75, 3.05) is 12.0 Å². The number of benzene rings is 2. The first kappa shape index (κ1) is 19.7. The van der Waals surface area contributed by atoms with Gasteiger partial charge in [-0.3, -0.25) is 10.4 Å². The first-order chi connectivity index (χ1) is 15.2. The second kappa shape index (κ2) is 8.12. The molecule has 0 bridgehead atoms. The van der Waals surface area contributed by atoms with Gasteiger partial charge in [-0.25, -0.2) is 9.67 Å². The van der Waals surface area contributed by atoms with Gasteiger partial charge in [0.05, 0.1) is 24.5 Å². The molecule has 9 heteroatoms. The molecule has 5 rings (SSSR count). The summed E-state index contributed by atoms with van der Waals surface area (Å²) in [6.07, 6.45) is -2.63. The Balaban J connectivity index is 1.53. The first-order valence-corrected chi connectivity index (χ1v) is 10.1. The van der Waals surface area contributed by atoms with Gasteiger partial charge in [-0.1, -0.05) is 48.5 Å². The maximum Gasteiger partial charge on any atom is 0.181 e.